The van der Waals surface area contributed by atoms with Crippen LogP contribution in [-0.4, -0.2) is 5.91 Å². The minimum Gasteiger partial charge on any atom is -0.368 e. The van der Waals surface area contributed by atoms with Crippen molar-refractivity contribution >= 4 is 46.4 Å². The van der Waals surface area contributed by atoms with Crippen LogP contribution in [0.5, 0.6) is 0 Å². The normalized spacial score (nSPS) is 13.5. The fourth-order valence-electron chi connectivity index (χ4n) is 2.01. The number of rotatable bonds is 4. The molecule has 6 heteroatoms. The minimum atomic E-state index is -1.19. The highest BCUT2D eigenvalue weighted by Crippen LogP contribution is 2.33. The Balaban J connectivity index is 2.48. The number of anilines is 1. The second kappa shape index (κ2) is 6.14. The Labute approximate surface area is 138 Å². The summed E-state index contributed by atoms with van der Waals surface area (Å²) in [6, 6.07) is 11.9. The van der Waals surface area contributed by atoms with Crippen molar-refractivity contribution in [3.63, 3.8) is 0 Å². The molecule has 0 aromatic heterocycles. The van der Waals surface area contributed by atoms with Crippen LogP contribution in [0.1, 0.15) is 12.5 Å². The number of hydrogen-bond donors (Lipinski definition) is 2. The standard InChI is InChI=1S/C15H13Cl3N2O/c1-15(14(19)21,12-6-5-10(17)8-13(12)18)20-11-4-2-3-9(16)7-11/h2-8,20H,1H3,(H2,19,21). The van der Waals surface area contributed by atoms with Crippen LogP contribution in [0.25, 0.3) is 0 Å². The third kappa shape index (κ3) is 3.43. The largest absolute Gasteiger partial charge is 0.368 e. The lowest BCUT2D eigenvalue weighted by atomic mass is 9.90. The van der Waals surface area contributed by atoms with Crippen LogP contribution in [0.3, 0.4) is 0 Å². The fourth-order valence-corrected chi connectivity index (χ4v) is 2.80. The third-order valence-electron chi connectivity index (χ3n) is 3.18. The molecule has 0 fully saturated rings. The molecule has 1 unspecified atom stereocenters. The Morgan fingerprint density at radius 3 is 2.33 bits per heavy atom. The lowest BCUT2D eigenvalue weighted by molar-refractivity contribution is -0.122. The Bertz CT molecular complexity index is 690. The maximum Gasteiger partial charge on any atom is 0.247 e. The van der Waals surface area contributed by atoms with Gasteiger partial charge in [0.25, 0.3) is 0 Å². The zero-order chi connectivity index (χ0) is 15.6. The number of benzene rings is 2. The Hall–Kier alpha value is -1.42. The topological polar surface area (TPSA) is 55.1 Å². The average Bonchev–Trinajstić information content (AvgIpc) is 2.38. The molecule has 2 rings (SSSR count). The zero-order valence-electron chi connectivity index (χ0n) is 11.2. The van der Waals surface area contributed by atoms with E-state index in [1.165, 1.54) is 0 Å². The molecule has 3 N–H and O–H groups in total. The molecule has 0 heterocycles. The summed E-state index contributed by atoms with van der Waals surface area (Å²) < 4.78 is 0. The van der Waals surface area contributed by atoms with Crippen LogP contribution < -0.4 is 11.1 Å². The molecule has 0 aliphatic carbocycles. The minimum absolute atomic E-state index is 0.360. The van der Waals surface area contributed by atoms with Crippen molar-refractivity contribution in [2.24, 2.45) is 5.73 Å². The van der Waals surface area contributed by atoms with Gasteiger partial charge in [-0.15, -0.1) is 0 Å². The van der Waals surface area contributed by atoms with Crippen molar-refractivity contribution in [3.05, 3.63) is 63.1 Å². The summed E-state index contributed by atoms with van der Waals surface area (Å²) in [5, 5.41) is 4.48. The summed E-state index contributed by atoms with van der Waals surface area (Å²) in [5.41, 5.74) is 5.59. The summed E-state index contributed by atoms with van der Waals surface area (Å²) in [7, 11) is 0. The molecule has 0 aliphatic rings. The Kier molecular flexibility index (Phi) is 4.67. The predicted molar refractivity (Wildman–Crippen MR) is 88.1 cm³/mol. The molecule has 0 radical (unpaired) electrons. The molecule has 2 aromatic carbocycles. The maximum atomic E-state index is 12.0. The summed E-state index contributed by atoms with van der Waals surface area (Å²) >= 11 is 18.0. The van der Waals surface area contributed by atoms with Crippen LogP contribution in [0, 0.1) is 0 Å². The highest BCUT2D eigenvalue weighted by atomic mass is 35.5. The van der Waals surface area contributed by atoms with Gasteiger partial charge in [-0.3, -0.25) is 4.79 Å². The molecule has 1 atom stereocenters. The van der Waals surface area contributed by atoms with E-state index in [0.717, 1.165) is 0 Å². The first kappa shape index (κ1) is 16.0. The van der Waals surface area contributed by atoms with Gasteiger partial charge in [0.1, 0.15) is 5.54 Å². The smallest absolute Gasteiger partial charge is 0.247 e. The van der Waals surface area contributed by atoms with Crippen LogP contribution in [0.4, 0.5) is 5.69 Å². The van der Waals surface area contributed by atoms with Crippen molar-refractivity contribution in [2.45, 2.75) is 12.5 Å². The van der Waals surface area contributed by atoms with Gasteiger partial charge in [0.15, 0.2) is 0 Å². The number of hydrogen-bond acceptors (Lipinski definition) is 2. The van der Waals surface area contributed by atoms with Gasteiger partial charge in [-0.25, -0.2) is 0 Å². The van der Waals surface area contributed by atoms with E-state index in [1.807, 2.05) is 0 Å². The predicted octanol–water partition coefficient (Wildman–Crippen LogP) is 4.46. The van der Waals surface area contributed by atoms with Gasteiger partial charge >= 0.3 is 0 Å². The molecule has 110 valence electrons. The molecule has 0 aliphatic heterocycles. The summed E-state index contributed by atoms with van der Waals surface area (Å²) in [4.78, 5) is 12.0. The van der Waals surface area contributed by atoms with E-state index in [4.69, 9.17) is 40.5 Å². The molecular weight excluding hydrogens is 331 g/mol. The van der Waals surface area contributed by atoms with Gasteiger partial charge < -0.3 is 11.1 Å². The highest BCUT2D eigenvalue weighted by Gasteiger charge is 2.35. The second-order valence-corrected chi connectivity index (χ2v) is 6.03. The van der Waals surface area contributed by atoms with Crippen molar-refractivity contribution in [3.8, 4) is 0 Å². The molecule has 3 nitrogen and oxygen atoms in total. The Morgan fingerprint density at radius 2 is 1.76 bits per heavy atom. The Morgan fingerprint density at radius 1 is 1.10 bits per heavy atom. The highest BCUT2D eigenvalue weighted by molar-refractivity contribution is 6.35. The number of halogens is 3. The van der Waals surface area contributed by atoms with Gasteiger partial charge in [0.2, 0.25) is 5.91 Å². The monoisotopic (exact) mass is 342 g/mol. The van der Waals surface area contributed by atoms with E-state index >= 15 is 0 Å². The first-order valence-corrected chi connectivity index (χ1v) is 7.25. The first-order valence-electron chi connectivity index (χ1n) is 6.12. The number of carbonyl (C=O) groups excluding carboxylic acids is 1. The second-order valence-electron chi connectivity index (χ2n) is 4.75. The zero-order valence-corrected chi connectivity index (χ0v) is 13.4. The van der Waals surface area contributed by atoms with E-state index in [2.05, 4.69) is 5.32 Å². The van der Waals surface area contributed by atoms with E-state index in [-0.39, 0.29) is 0 Å². The lowest BCUT2D eigenvalue weighted by Crippen LogP contribution is -2.45. The van der Waals surface area contributed by atoms with Crippen LogP contribution in [0.15, 0.2) is 42.5 Å². The van der Waals surface area contributed by atoms with E-state index in [9.17, 15) is 4.79 Å². The fraction of sp³-hybridized carbons (Fsp3) is 0.133. The van der Waals surface area contributed by atoms with Crippen molar-refractivity contribution in [1.29, 1.82) is 0 Å². The average molecular weight is 344 g/mol. The number of nitrogens with one attached hydrogen (secondary N) is 1. The van der Waals surface area contributed by atoms with Crippen LogP contribution in [-0.2, 0) is 10.3 Å². The number of nitrogens with two attached hydrogens (primary N) is 1. The van der Waals surface area contributed by atoms with Gasteiger partial charge in [-0.2, -0.15) is 0 Å². The van der Waals surface area contributed by atoms with Gasteiger partial charge in [-0.05, 0) is 37.3 Å². The SMILES string of the molecule is CC(Nc1cccc(Cl)c1)(C(N)=O)c1ccc(Cl)cc1Cl. The quantitative estimate of drug-likeness (QED) is 0.861. The first-order chi connectivity index (χ1) is 9.83. The van der Waals surface area contributed by atoms with Gasteiger partial charge in [0, 0.05) is 26.3 Å². The van der Waals surface area contributed by atoms with E-state index in [0.29, 0.717) is 26.3 Å². The van der Waals surface area contributed by atoms with Gasteiger partial charge in [0.05, 0.1) is 0 Å². The van der Waals surface area contributed by atoms with E-state index < -0.39 is 11.4 Å². The van der Waals surface area contributed by atoms with E-state index in [1.54, 1.807) is 49.4 Å². The summed E-state index contributed by atoms with van der Waals surface area (Å²) in [6.45, 7) is 1.66. The van der Waals surface area contributed by atoms with Gasteiger partial charge in [-0.1, -0.05) is 46.9 Å². The third-order valence-corrected chi connectivity index (χ3v) is 3.96. The molecule has 2 aromatic rings. The molecule has 0 saturated heterocycles. The molecule has 1 amide bonds. The van der Waals surface area contributed by atoms with Crippen molar-refractivity contribution < 1.29 is 4.79 Å². The molecule has 0 saturated carbocycles. The molecule has 0 bridgehead atoms. The molecule has 0 spiro atoms. The molecular formula is C15H13Cl3N2O. The number of amides is 1. The number of carbonyl (C=O) groups is 1. The molecule has 21 heavy (non-hydrogen) atoms. The summed E-state index contributed by atoms with van der Waals surface area (Å²) in [6.07, 6.45) is 0. The van der Waals surface area contributed by atoms with Crippen molar-refractivity contribution in [2.75, 3.05) is 5.32 Å². The lowest BCUT2D eigenvalue weighted by Gasteiger charge is -2.30. The summed E-state index contributed by atoms with van der Waals surface area (Å²) in [5.74, 6) is -0.563. The van der Waals surface area contributed by atoms with Crippen molar-refractivity contribution in [1.82, 2.24) is 0 Å². The van der Waals surface area contributed by atoms with Crippen LogP contribution >= 0.6 is 34.8 Å². The number of primary amides is 1. The maximum absolute atomic E-state index is 12.0. The van der Waals surface area contributed by atoms with Crippen LogP contribution in [0.2, 0.25) is 15.1 Å².